The first kappa shape index (κ1) is 13.2. The van der Waals surface area contributed by atoms with E-state index in [1.807, 2.05) is 13.8 Å². The molecule has 88 valence electrons. The molecule has 4 N–H and O–H groups in total. The van der Waals surface area contributed by atoms with Crippen LogP contribution in [-0.4, -0.2) is 25.6 Å². The van der Waals surface area contributed by atoms with E-state index in [0.29, 0.717) is 0 Å². The van der Waals surface area contributed by atoms with Crippen LogP contribution in [0.1, 0.15) is 25.3 Å². The van der Waals surface area contributed by atoms with Gasteiger partial charge in [-0.3, -0.25) is 0 Å². The average Bonchev–Trinajstić information content (AvgIpc) is 2.15. The molecule has 0 aliphatic heterocycles. The second-order valence-corrected chi connectivity index (χ2v) is 5.40. The molecule has 0 atom stereocenters. The third-order valence-corrected chi connectivity index (χ3v) is 3.26. The predicted octanol–water partition coefficient (Wildman–Crippen LogP) is -0.863. The topological polar surface area (TPSA) is 101 Å². The van der Waals surface area contributed by atoms with Crippen molar-refractivity contribution in [1.29, 1.82) is 0 Å². The molecule has 0 heterocycles. The van der Waals surface area contributed by atoms with E-state index < -0.39 is 17.1 Å². The van der Waals surface area contributed by atoms with E-state index in [9.17, 15) is 8.42 Å². The minimum atomic E-state index is -3.95. The fraction of sp³-hybridized carbons (Fsp3) is 0.333. The third kappa shape index (κ3) is 2.82. The van der Waals surface area contributed by atoms with Gasteiger partial charge in [0, 0.05) is 5.46 Å². The molecule has 0 spiro atoms. The van der Waals surface area contributed by atoms with Gasteiger partial charge in [0.25, 0.3) is 0 Å². The summed E-state index contributed by atoms with van der Waals surface area (Å²) in [6.07, 6.45) is 0. The lowest BCUT2D eigenvalue weighted by molar-refractivity contribution is 0.424. The molecule has 0 amide bonds. The number of sulfonamides is 1. The van der Waals surface area contributed by atoms with Gasteiger partial charge in [0.1, 0.15) is 0 Å². The van der Waals surface area contributed by atoms with Gasteiger partial charge in [0.2, 0.25) is 10.0 Å². The summed E-state index contributed by atoms with van der Waals surface area (Å²) in [5.41, 5.74) is 0.667. The number of primary sulfonamides is 1. The molecular formula is C9H14BNO4S. The highest BCUT2D eigenvalue weighted by Gasteiger charge is 2.23. The van der Waals surface area contributed by atoms with Crippen LogP contribution in [0.2, 0.25) is 0 Å². The van der Waals surface area contributed by atoms with Crippen LogP contribution in [0.5, 0.6) is 0 Å². The summed E-state index contributed by atoms with van der Waals surface area (Å²) in [4.78, 5) is -0.242. The zero-order valence-corrected chi connectivity index (χ0v) is 9.90. The van der Waals surface area contributed by atoms with Crippen molar-refractivity contribution in [3.8, 4) is 0 Å². The maximum absolute atomic E-state index is 11.3. The van der Waals surface area contributed by atoms with Gasteiger partial charge in [-0.1, -0.05) is 26.0 Å². The van der Waals surface area contributed by atoms with E-state index in [4.69, 9.17) is 15.2 Å². The monoisotopic (exact) mass is 243 g/mol. The summed E-state index contributed by atoms with van der Waals surface area (Å²) in [6, 6.07) is 4.38. The Morgan fingerprint density at radius 3 is 2.25 bits per heavy atom. The molecule has 0 saturated carbocycles. The van der Waals surface area contributed by atoms with Gasteiger partial charge in [-0.2, -0.15) is 0 Å². The quantitative estimate of drug-likeness (QED) is 0.601. The predicted molar refractivity (Wildman–Crippen MR) is 61.7 cm³/mol. The molecule has 0 radical (unpaired) electrons. The molecule has 7 heteroatoms. The SMILES string of the molecule is CC(C)c1ccc(B(O)O)c(S(N)(=O)=O)c1. The number of hydrogen-bond acceptors (Lipinski definition) is 4. The second kappa shape index (κ2) is 4.54. The Labute approximate surface area is 95.1 Å². The van der Waals surface area contributed by atoms with Crippen LogP contribution in [0, 0.1) is 0 Å². The van der Waals surface area contributed by atoms with E-state index in [2.05, 4.69) is 0 Å². The van der Waals surface area contributed by atoms with Crippen molar-refractivity contribution in [3.63, 3.8) is 0 Å². The number of rotatable bonds is 3. The smallest absolute Gasteiger partial charge is 0.423 e. The van der Waals surface area contributed by atoms with Crippen molar-refractivity contribution in [3.05, 3.63) is 23.8 Å². The summed E-state index contributed by atoms with van der Waals surface area (Å²) < 4.78 is 22.6. The lowest BCUT2D eigenvalue weighted by Gasteiger charge is -2.11. The second-order valence-electron chi connectivity index (χ2n) is 3.87. The van der Waals surface area contributed by atoms with Crippen LogP contribution < -0.4 is 10.6 Å². The average molecular weight is 243 g/mol. The molecule has 0 fully saturated rings. The Kier molecular flexibility index (Phi) is 3.74. The van der Waals surface area contributed by atoms with Gasteiger partial charge in [-0.25, -0.2) is 13.6 Å². The molecule has 1 rings (SSSR count). The van der Waals surface area contributed by atoms with Crippen LogP contribution >= 0.6 is 0 Å². The maximum Gasteiger partial charge on any atom is 0.489 e. The number of hydrogen-bond donors (Lipinski definition) is 3. The van der Waals surface area contributed by atoms with Crippen LogP contribution in [0.25, 0.3) is 0 Å². The summed E-state index contributed by atoms with van der Waals surface area (Å²) in [7, 11) is -5.81. The molecule has 0 aromatic heterocycles. The van der Waals surface area contributed by atoms with Crippen molar-refractivity contribution < 1.29 is 18.5 Å². The fourth-order valence-electron chi connectivity index (χ4n) is 1.37. The Hall–Kier alpha value is -0.885. The van der Waals surface area contributed by atoms with Gasteiger partial charge >= 0.3 is 7.12 Å². The highest BCUT2D eigenvalue weighted by molar-refractivity contribution is 7.89. The first-order valence-electron chi connectivity index (χ1n) is 4.76. The van der Waals surface area contributed by atoms with E-state index in [0.717, 1.165) is 5.56 Å². The molecule has 0 aliphatic carbocycles. The largest absolute Gasteiger partial charge is 0.489 e. The van der Waals surface area contributed by atoms with E-state index in [-0.39, 0.29) is 16.3 Å². The zero-order chi connectivity index (χ0) is 12.5. The summed E-state index contributed by atoms with van der Waals surface area (Å²) in [5, 5.41) is 23.1. The van der Waals surface area contributed by atoms with Crippen molar-refractivity contribution in [2.75, 3.05) is 0 Å². The van der Waals surface area contributed by atoms with Crippen LogP contribution in [-0.2, 0) is 10.0 Å². The van der Waals surface area contributed by atoms with Gasteiger partial charge in [-0.15, -0.1) is 0 Å². The highest BCUT2D eigenvalue weighted by atomic mass is 32.2. The molecule has 0 bridgehead atoms. The molecule has 1 aromatic rings. The first-order valence-corrected chi connectivity index (χ1v) is 6.31. The Bertz CT molecular complexity index is 484. The highest BCUT2D eigenvalue weighted by Crippen LogP contribution is 2.16. The van der Waals surface area contributed by atoms with Crippen LogP contribution in [0.15, 0.2) is 23.1 Å². The Balaban J connectivity index is 3.45. The molecular weight excluding hydrogens is 229 g/mol. The van der Waals surface area contributed by atoms with Crippen molar-refractivity contribution >= 4 is 22.6 Å². The van der Waals surface area contributed by atoms with Gasteiger partial charge in [-0.05, 0) is 17.5 Å². The third-order valence-electron chi connectivity index (χ3n) is 2.29. The minimum Gasteiger partial charge on any atom is -0.423 e. The Morgan fingerprint density at radius 1 is 1.31 bits per heavy atom. The van der Waals surface area contributed by atoms with Crippen molar-refractivity contribution in [1.82, 2.24) is 0 Å². The minimum absolute atomic E-state index is 0.105. The van der Waals surface area contributed by atoms with Gasteiger partial charge in [0.05, 0.1) is 4.90 Å². The molecule has 0 unspecified atom stereocenters. The Morgan fingerprint density at radius 2 is 1.88 bits per heavy atom. The van der Waals surface area contributed by atoms with Gasteiger partial charge < -0.3 is 10.0 Å². The van der Waals surface area contributed by atoms with E-state index in [1.165, 1.54) is 12.1 Å². The molecule has 16 heavy (non-hydrogen) atoms. The zero-order valence-electron chi connectivity index (χ0n) is 9.08. The van der Waals surface area contributed by atoms with Crippen molar-refractivity contribution in [2.24, 2.45) is 5.14 Å². The van der Waals surface area contributed by atoms with Crippen LogP contribution in [0.3, 0.4) is 0 Å². The lowest BCUT2D eigenvalue weighted by Crippen LogP contribution is -2.36. The fourth-order valence-corrected chi connectivity index (χ4v) is 2.17. The molecule has 5 nitrogen and oxygen atoms in total. The van der Waals surface area contributed by atoms with Crippen molar-refractivity contribution in [2.45, 2.75) is 24.7 Å². The normalized spacial score (nSPS) is 11.9. The van der Waals surface area contributed by atoms with Gasteiger partial charge in [0.15, 0.2) is 0 Å². The summed E-state index contributed by atoms with van der Waals surface area (Å²) >= 11 is 0. The lowest BCUT2D eigenvalue weighted by atomic mass is 9.79. The summed E-state index contributed by atoms with van der Waals surface area (Å²) in [6.45, 7) is 3.80. The first-order chi connectivity index (χ1) is 7.23. The summed E-state index contributed by atoms with van der Waals surface area (Å²) in [5.74, 6) is 0.130. The van der Waals surface area contributed by atoms with E-state index >= 15 is 0 Å². The molecule has 0 aliphatic rings. The van der Waals surface area contributed by atoms with Crippen LogP contribution in [0.4, 0.5) is 0 Å². The number of benzene rings is 1. The maximum atomic E-state index is 11.3. The number of nitrogens with two attached hydrogens (primary N) is 1. The molecule has 1 aromatic carbocycles. The van der Waals surface area contributed by atoms with E-state index in [1.54, 1.807) is 6.07 Å². The molecule has 0 saturated heterocycles. The standard InChI is InChI=1S/C9H14BNO4S/c1-6(2)7-3-4-8(10(12)13)9(5-7)16(11,14)15/h3-6,12-13H,1-2H3,(H2,11,14,15).